The Morgan fingerprint density at radius 1 is 1.24 bits per heavy atom. The van der Waals surface area contributed by atoms with Crippen LogP contribution in [0.5, 0.6) is 5.75 Å². The van der Waals surface area contributed by atoms with Crippen LogP contribution in [0.25, 0.3) is 17.1 Å². The van der Waals surface area contributed by atoms with Crippen LogP contribution >= 0.6 is 39.3 Å². The molecule has 0 saturated carbocycles. The van der Waals surface area contributed by atoms with Crippen LogP contribution in [0.3, 0.4) is 0 Å². The van der Waals surface area contributed by atoms with Gasteiger partial charge in [0.05, 0.1) is 23.6 Å². The highest BCUT2D eigenvalue weighted by atomic mass is 79.9. The second-order valence-electron chi connectivity index (χ2n) is 6.48. The van der Waals surface area contributed by atoms with Gasteiger partial charge in [0.1, 0.15) is 5.75 Å². The van der Waals surface area contributed by atoms with Crippen LogP contribution in [0.15, 0.2) is 52.1 Å². The van der Waals surface area contributed by atoms with Crippen LogP contribution in [0, 0.1) is 0 Å². The standard InChI is InChI=1S/C20H20BrClN4O2S/c1-12(2)23-18(27)11-29-20-25-24-19(13-4-6-14(21)7-5-13)26(20)15-8-9-17(28-3)16(22)10-15/h4-10,12H,11H2,1-3H3,(H,23,27). The number of amides is 1. The minimum atomic E-state index is -0.0579. The molecule has 0 atom stereocenters. The summed E-state index contributed by atoms with van der Waals surface area (Å²) in [4.78, 5) is 12.1. The number of nitrogens with one attached hydrogen (secondary N) is 1. The van der Waals surface area contributed by atoms with Crippen molar-refractivity contribution in [2.75, 3.05) is 12.9 Å². The number of hydrogen-bond acceptors (Lipinski definition) is 5. The summed E-state index contributed by atoms with van der Waals surface area (Å²) in [6.07, 6.45) is 0. The van der Waals surface area contributed by atoms with Gasteiger partial charge in [0, 0.05) is 16.1 Å². The second kappa shape index (κ2) is 9.65. The lowest BCUT2D eigenvalue weighted by Crippen LogP contribution is -2.31. The second-order valence-corrected chi connectivity index (χ2v) is 8.74. The molecule has 29 heavy (non-hydrogen) atoms. The first-order chi connectivity index (χ1) is 13.9. The fourth-order valence-corrected chi connectivity index (χ4v) is 3.95. The van der Waals surface area contributed by atoms with E-state index in [1.165, 1.54) is 11.8 Å². The third-order valence-electron chi connectivity index (χ3n) is 3.91. The Morgan fingerprint density at radius 3 is 2.59 bits per heavy atom. The van der Waals surface area contributed by atoms with Crippen molar-refractivity contribution in [1.82, 2.24) is 20.1 Å². The summed E-state index contributed by atoms with van der Waals surface area (Å²) in [5.41, 5.74) is 1.68. The summed E-state index contributed by atoms with van der Waals surface area (Å²) in [5.74, 6) is 1.42. The Balaban J connectivity index is 2.01. The fourth-order valence-electron chi connectivity index (χ4n) is 2.67. The van der Waals surface area contributed by atoms with Gasteiger partial charge < -0.3 is 10.1 Å². The highest BCUT2D eigenvalue weighted by Crippen LogP contribution is 2.32. The third-order valence-corrected chi connectivity index (χ3v) is 5.66. The number of carbonyl (C=O) groups is 1. The van der Waals surface area contributed by atoms with Crippen molar-refractivity contribution in [3.8, 4) is 22.8 Å². The van der Waals surface area contributed by atoms with Crippen LogP contribution < -0.4 is 10.1 Å². The SMILES string of the molecule is COc1ccc(-n2c(SCC(=O)NC(C)C)nnc2-c2ccc(Br)cc2)cc1Cl. The number of ether oxygens (including phenoxy) is 1. The summed E-state index contributed by atoms with van der Waals surface area (Å²) in [6, 6.07) is 13.4. The van der Waals surface area contributed by atoms with E-state index >= 15 is 0 Å². The highest BCUT2D eigenvalue weighted by Gasteiger charge is 2.18. The molecule has 0 fully saturated rings. The molecule has 0 unspecified atom stereocenters. The first-order valence-corrected chi connectivity index (χ1v) is 11.0. The first kappa shape index (κ1) is 21.7. The number of nitrogens with zero attached hydrogens (tertiary/aromatic N) is 3. The maximum Gasteiger partial charge on any atom is 0.230 e. The molecule has 1 amide bonds. The van der Waals surface area contributed by atoms with Gasteiger partial charge in [-0.2, -0.15) is 0 Å². The van der Waals surface area contributed by atoms with Crippen molar-refractivity contribution in [2.24, 2.45) is 0 Å². The molecule has 1 aromatic heterocycles. The lowest BCUT2D eigenvalue weighted by molar-refractivity contribution is -0.119. The highest BCUT2D eigenvalue weighted by molar-refractivity contribution is 9.10. The molecule has 152 valence electrons. The number of benzene rings is 2. The first-order valence-electron chi connectivity index (χ1n) is 8.86. The van der Waals surface area contributed by atoms with Crippen molar-refractivity contribution in [3.63, 3.8) is 0 Å². The lowest BCUT2D eigenvalue weighted by atomic mass is 10.2. The van der Waals surface area contributed by atoms with E-state index in [-0.39, 0.29) is 17.7 Å². The van der Waals surface area contributed by atoms with Crippen LogP contribution in [-0.4, -0.2) is 39.6 Å². The molecule has 0 aliphatic carbocycles. The van der Waals surface area contributed by atoms with E-state index in [1.807, 2.05) is 48.7 Å². The summed E-state index contributed by atoms with van der Waals surface area (Å²) in [7, 11) is 1.57. The third kappa shape index (κ3) is 5.32. The topological polar surface area (TPSA) is 69.0 Å². The zero-order chi connectivity index (χ0) is 21.0. The summed E-state index contributed by atoms with van der Waals surface area (Å²) in [6.45, 7) is 3.85. The van der Waals surface area contributed by atoms with E-state index in [1.54, 1.807) is 19.2 Å². The Hall–Kier alpha value is -2.03. The maximum atomic E-state index is 12.1. The van der Waals surface area contributed by atoms with E-state index in [0.29, 0.717) is 21.8 Å². The van der Waals surface area contributed by atoms with Crippen molar-refractivity contribution in [1.29, 1.82) is 0 Å². The Kier molecular flexibility index (Phi) is 7.21. The molecule has 0 saturated heterocycles. The average Bonchev–Trinajstić information content (AvgIpc) is 3.10. The Labute approximate surface area is 187 Å². The maximum absolute atomic E-state index is 12.1. The van der Waals surface area contributed by atoms with Gasteiger partial charge in [-0.1, -0.05) is 51.4 Å². The number of rotatable bonds is 7. The Bertz CT molecular complexity index is 1010. The number of methoxy groups -OCH3 is 1. The van der Waals surface area contributed by atoms with Crippen LogP contribution in [0.4, 0.5) is 0 Å². The monoisotopic (exact) mass is 494 g/mol. The largest absolute Gasteiger partial charge is 0.495 e. The quantitative estimate of drug-likeness (QED) is 0.468. The molecule has 0 spiro atoms. The van der Waals surface area contributed by atoms with Gasteiger partial charge in [0.25, 0.3) is 0 Å². The summed E-state index contributed by atoms with van der Waals surface area (Å²) in [5, 5.41) is 12.7. The molecule has 1 N–H and O–H groups in total. The number of carbonyl (C=O) groups excluding carboxylic acids is 1. The Morgan fingerprint density at radius 2 is 1.97 bits per heavy atom. The van der Waals surface area contributed by atoms with E-state index < -0.39 is 0 Å². The summed E-state index contributed by atoms with van der Waals surface area (Å²) < 4.78 is 8.12. The van der Waals surface area contributed by atoms with E-state index in [9.17, 15) is 4.79 Å². The molecule has 6 nitrogen and oxygen atoms in total. The van der Waals surface area contributed by atoms with Crippen LogP contribution in [0.2, 0.25) is 5.02 Å². The van der Waals surface area contributed by atoms with Gasteiger partial charge in [0.2, 0.25) is 5.91 Å². The predicted octanol–water partition coefficient (Wildman–Crippen LogP) is 4.98. The fraction of sp³-hybridized carbons (Fsp3) is 0.250. The van der Waals surface area contributed by atoms with E-state index in [4.69, 9.17) is 16.3 Å². The molecule has 3 rings (SSSR count). The van der Waals surface area contributed by atoms with Gasteiger partial charge in [-0.15, -0.1) is 10.2 Å². The van der Waals surface area contributed by atoms with Crippen LogP contribution in [0.1, 0.15) is 13.8 Å². The molecule has 0 aliphatic rings. The van der Waals surface area contributed by atoms with E-state index in [0.717, 1.165) is 15.7 Å². The van der Waals surface area contributed by atoms with Gasteiger partial charge >= 0.3 is 0 Å². The zero-order valence-corrected chi connectivity index (χ0v) is 19.3. The van der Waals surface area contributed by atoms with Gasteiger partial charge in [-0.25, -0.2) is 0 Å². The van der Waals surface area contributed by atoms with Gasteiger partial charge in [-0.05, 0) is 44.2 Å². The molecule has 0 aliphatic heterocycles. The van der Waals surface area contributed by atoms with Crippen molar-refractivity contribution < 1.29 is 9.53 Å². The number of aromatic nitrogens is 3. The van der Waals surface area contributed by atoms with Crippen molar-refractivity contribution in [2.45, 2.75) is 25.0 Å². The van der Waals surface area contributed by atoms with Gasteiger partial charge in [-0.3, -0.25) is 9.36 Å². The lowest BCUT2D eigenvalue weighted by Gasteiger charge is -2.13. The number of hydrogen-bond donors (Lipinski definition) is 1. The van der Waals surface area contributed by atoms with Crippen molar-refractivity contribution >= 4 is 45.2 Å². The van der Waals surface area contributed by atoms with Crippen LogP contribution in [-0.2, 0) is 4.79 Å². The minimum absolute atomic E-state index is 0.0579. The summed E-state index contributed by atoms with van der Waals surface area (Å²) >= 11 is 11.1. The molecule has 0 radical (unpaired) electrons. The predicted molar refractivity (Wildman–Crippen MR) is 120 cm³/mol. The van der Waals surface area contributed by atoms with Crippen molar-refractivity contribution in [3.05, 3.63) is 52.0 Å². The smallest absolute Gasteiger partial charge is 0.230 e. The molecular formula is C20H20BrClN4O2S. The number of thioether (sulfide) groups is 1. The van der Waals surface area contributed by atoms with E-state index in [2.05, 4.69) is 31.4 Å². The normalized spacial score (nSPS) is 11.0. The molecule has 2 aromatic carbocycles. The molecule has 9 heteroatoms. The average molecular weight is 496 g/mol. The molecular weight excluding hydrogens is 476 g/mol. The zero-order valence-electron chi connectivity index (χ0n) is 16.1. The minimum Gasteiger partial charge on any atom is -0.495 e. The molecule has 0 bridgehead atoms. The number of halogens is 2. The molecule has 1 heterocycles. The van der Waals surface area contributed by atoms with Gasteiger partial charge in [0.15, 0.2) is 11.0 Å². The molecule has 3 aromatic rings.